The highest BCUT2D eigenvalue weighted by atomic mass is 19.1. The van der Waals surface area contributed by atoms with Gasteiger partial charge in [-0.25, -0.2) is 4.39 Å². The number of nitro groups is 1. The number of nitrogens with one attached hydrogen (secondary N) is 2. The van der Waals surface area contributed by atoms with Crippen LogP contribution in [0.2, 0.25) is 0 Å². The van der Waals surface area contributed by atoms with Crippen molar-refractivity contribution in [2.45, 2.75) is 0 Å². The Morgan fingerprint density at radius 3 is 2.57 bits per heavy atom. The number of hydrogen-bond donors (Lipinski definition) is 3. The molecule has 0 atom stereocenters. The van der Waals surface area contributed by atoms with Crippen molar-refractivity contribution in [1.29, 1.82) is 0 Å². The molecule has 0 spiro atoms. The van der Waals surface area contributed by atoms with Gasteiger partial charge in [0, 0.05) is 6.07 Å². The number of ether oxygens (including phenoxy) is 1. The first-order valence-corrected chi connectivity index (χ1v) is 5.91. The molecule has 0 saturated carbocycles. The van der Waals surface area contributed by atoms with Crippen LogP contribution < -0.4 is 21.3 Å². The van der Waals surface area contributed by atoms with Crippen LogP contribution in [0.1, 0.15) is 0 Å². The molecular weight excluding hydrogens is 279 g/mol. The van der Waals surface area contributed by atoms with Gasteiger partial charge in [-0.2, -0.15) is 0 Å². The van der Waals surface area contributed by atoms with Crippen LogP contribution in [0, 0.1) is 15.9 Å². The summed E-state index contributed by atoms with van der Waals surface area (Å²) in [4.78, 5) is 10.5. The lowest BCUT2D eigenvalue weighted by Crippen LogP contribution is -2.10. The van der Waals surface area contributed by atoms with E-state index < -0.39 is 10.7 Å². The van der Waals surface area contributed by atoms with Gasteiger partial charge in [0.05, 0.1) is 17.7 Å². The molecule has 0 aliphatic rings. The van der Waals surface area contributed by atoms with Gasteiger partial charge in [-0.05, 0) is 24.3 Å². The van der Waals surface area contributed by atoms with Gasteiger partial charge >= 0.3 is 5.69 Å². The molecule has 0 heterocycles. The van der Waals surface area contributed by atoms with Gasteiger partial charge in [-0.15, -0.1) is 0 Å². The van der Waals surface area contributed by atoms with Crippen LogP contribution in [0.25, 0.3) is 0 Å². The summed E-state index contributed by atoms with van der Waals surface area (Å²) in [5.74, 6) is 5.12. The predicted molar refractivity (Wildman–Crippen MR) is 77.1 cm³/mol. The summed E-state index contributed by atoms with van der Waals surface area (Å²) < 4.78 is 18.8. The van der Waals surface area contributed by atoms with E-state index in [4.69, 9.17) is 10.6 Å². The Bertz CT molecular complexity index is 678. The van der Waals surface area contributed by atoms with E-state index in [9.17, 15) is 14.5 Å². The van der Waals surface area contributed by atoms with E-state index in [1.165, 1.54) is 37.4 Å². The summed E-state index contributed by atoms with van der Waals surface area (Å²) >= 11 is 0. The largest absolute Gasteiger partial charge is 0.497 e. The second-order valence-electron chi connectivity index (χ2n) is 4.07. The lowest BCUT2D eigenvalue weighted by atomic mass is 10.2. The fourth-order valence-corrected chi connectivity index (χ4v) is 1.83. The quantitative estimate of drug-likeness (QED) is 0.445. The number of benzene rings is 2. The van der Waals surface area contributed by atoms with Crippen molar-refractivity contribution >= 4 is 22.7 Å². The molecule has 110 valence electrons. The fourth-order valence-electron chi connectivity index (χ4n) is 1.83. The number of nitrogens with zero attached hydrogens (tertiary/aromatic N) is 1. The number of hydrazine groups is 1. The monoisotopic (exact) mass is 292 g/mol. The van der Waals surface area contributed by atoms with Crippen molar-refractivity contribution in [1.82, 2.24) is 0 Å². The summed E-state index contributed by atoms with van der Waals surface area (Å²) in [5.41, 5.74) is 2.26. The van der Waals surface area contributed by atoms with Crippen LogP contribution >= 0.6 is 0 Å². The molecule has 0 fully saturated rings. The normalized spacial score (nSPS) is 10.0. The number of hydrogen-bond acceptors (Lipinski definition) is 6. The van der Waals surface area contributed by atoms with E-state index in [-0.39, 0.29) is 22.7 Å². The smallest absolute Gasteiger partial charge is 0.316 e. The second-order valence-corrected chi connectivity index (χ2v) is 4.07. The maximum absolute atomic E-state index is 13.8. The third kappa shape index (κ3) is 3.00. The fraction of sp³-hybridized carbons (Fsp3) is 0.0769. The summed E-state index contributed by atoms with van der Waals surface area (Å²) in [5, 5.41) is 13.8. The number of anilines is 3. The van der Waals surface area contributed by atoms with Crippen molar-refractivity contribution in [3.63, 3.8) is 0 Å². The molecule has 0 aliphatic heterocycles. The average molecular weight is 292 g/mol. The molecule has 4 N–H and O–H groups in total. The molecule has 21 heavy (non-hydrogen) atoms. The van der Waals surface area contributed by atoms with Crippen LogP contribution in [0.4, 0.5) is 27.1 Å². The maximum Gasteiger partial charge on any atom is 0.316 e. The van der Waals surface area contributed by atoms with E-state index in [1.807, 2.05) is 0 Å². The zero-order valence-electron chi connectivity index (χ0n) is 11.1. The van der Waals surface area contributed by atoms with Gasteiger partial charge in [0.1, 0.15) is 22.9 Å². The van der Waals surface area contributed by atoms with Crippen molar-refractivity contribution in [3.8, 4) is 5.75 Å². The highest BCUT2D eigenvalue weighted by Crippen LogP contribution is 2.35. The SMILES string of the molecule is COc1ccc(F)c(Nc2cccc(NN)c2[N+](=O)[O-])c1. The topological polar surface area (TPSA) is 102 Å². The Hall–Kier alpha value is -2.87. The molecule has 0 bridgehead atoms. The first-order valence-electron chi connectivity index (χ1n) is 5.91. The zero-order chi connectivity index (χ0) is 15.4. The van der Waals surface area contributed by atoms with Crippen molar-refractivity contribution in [3.05, 3.63) is 52.3 Å². The molecule has 0 aromatic heterocycles. The number of methoxy groups -OCH3 is 1. The van der Waals surface area contributed by atoms with Crippen LogP contribution in [-0.4, -0.2) is 12.0 Å². The molecule has 0 amide bonds. The zero-order valence-corrected chi connectivity index (χ0v) is 11.1. The van der Waals surface area contributed by atoms with Crippen molar-refractivity contribution in [2.24, 2.45) is 5.84 Å². The Balaban J connectivity index is 2.47. The number of nitrogen functional groups attached to an aromatic ring is 1. The second kappa shape index (κ2) is 6.06. The average Bonchev–Trinajstić information content (AvgIpc) is 2.48. The first-order chi connectivity index (χ1) is 10.1. The summed E-state index contributed by atoms with van der Waals surface area (Å²) in [6, 6.07) is 8.53. The molecule has 8 heteroatoms. The number of halogens is 1. The molecule has 2 rings (SSSR count). The van der Waals surface area contributed by atoms with Crippen LogP contribution in [0.5, 0.6) is 5.75 Å². The maximum atomic E-state index is 13.8. The molecular formula is C13H13FN4O3. The van der Waals surface area contributed by atoms with E-state index in [0.29, 0.717) is 5.75 Å². The molecule has 7 nitrogen and oxygen atoms in total. The van der Waals surface area contributed by atoms with E-state index in [2.05, 4.69) is 10.7 Å². The van der Waals surface area contributed by atoms with Gasteiger partial charge in [-0.1, -0.05) is 6.07 Å². The number of nitro benzene ring substituents is 1. The highest BCUT2D eigenvalue weighted by molar-refractivity contribution is 5.79. The summed E-state index contributed by atoms with van der Waals surface area (Å²) in [7, 11) is 1.44. The predicted octanol–water partition coefficient (Wildman–Crippen LogP) is 2.77. The number of para-hydroxylation sites is 1. The standard InChI is InChI=1S/C13H13FN4O3/c1-21-8-5-6-9(14)12(7-8)16-10-3-2-4-11(17-15)13(10)18(19)20/h2-7,16-17H,15H2,1H3. The van der Waals surface area contributed by atoms with Crippen LogP contribution in [0.3, 0.4) is 0 Å². The third-order valence-electron chi connectivity index (χ3n) is 2.82. The van der Waals surface area contributed by atoms with E-state index >= 15 is 0 Å². The minimum atomic E-state index is -0.602. The Kier molecular flexibility index (Phi) is 4.19. The number of nitrogens with two attached hydrogens (primary N) is 1. The molecule has 0 unspecified atom stereocenters. The molecule has 0 aliphatic carbocycles. The molecule has 2 aromatic carbocycles. The van der Waals surface area contributed by atoms with Gasteiger partial charge < -0.3 is 15.5 Å². The van der Waals surface area contributed by atoms with Crippen LogP contribution in [-0.2, 0) is 0 Å². The van der Waals surface area contributed by atoms with Gasteiger partial charge in [0.2, 0.25) is 0 Å². The molecule has 0 saturated heterocycles. The number of rotatable bonds is 5. The highest BCUT2D eigenvalue weighted by Gasteiger charge is 2.20. The summed E-state index contributed by atoms with van der Waals surface area (Å²) in [6.07, 6.45) is 0. The van der Waals surface area contributed by atoms with Crippen molar-refractivity contribution < 1.29 is 14.1 Å². The van der Waals surface area contributed by atoms with E-state index in [1.54, 1.807) is 6.07 Å². The molecule has 2 aromatic rings. The lowest BCUT2D eigenvalue weighted by molar-refractivity contribution is -0.383. The third-order valence-corrected chi connectivity index (χ3v) is 2.82. The minimum absolute atomic E-state index is 0.0617. The summed E-state index contributed by atoms with van der Waals surface area (Å²) in [6.45, 7) is 0. The Morgan fingerprint density at radius 1 is 1.24 bits per heavy atom. The lowest BCUT2D eigenvalue weighted by Gasteiger charge is -2.11. The van der Waals surface area contributed by atoms with Gasteiger partial charge in [0.15, 0.2) is 0 Å². The van der Waals surface area contributed by atoms with Crippen molar-refractivity contribution in [2.75, 3.05) is 17.9 Å². The Morgan fingerprint density at radius 2 is 1.95 bits per heavy atom. The molecule has 0 radical (unpaired) electrons. The van der Waals surface area contributed by atoms with Gasteiger partial charge in [-0.3, -0.25) is 16.0 Å². The van der Waals surface area contributed by atoms with Crippen LogP contribution in [0.15, 0.2) is 36.4 Å². The first kappa shape index (κ1) is 14.5. The van der Waals surface area contributed by atoms with E-state index in [0.717, 1.165) is 0 Å². The Labute approximate surface area is 119 Å². The van der Waals surface area contributed by atoms with Gasteiger partial charge in [0.25, 0.3) is 0 Å². The minimum Gasteiger partial charge on any atom is -0.497 e.